The van der Waals surface area contributed by atoms with Gasteiger partial charge in [-0.05, 0) is 54.8 Å². The molecule has 1 heterocycles. The number of rotatable bonds is 7. The Hall–Kier alpha value is -2.58. The van der Waals surface area contributed by atoms with E-state index >= 15 is 0 Å². The van der Waals surface area contributed by atoms with Gasteiger partial charge in [-0.1, -0.05) is 12.1 Å². The number of hydrogen-bond donors (Lipinski definition) is 1. The number of carbonyl (C=O) groups excluding carboxylic acids is 1. The zero-order valence-electron chi connectivity index (χ0n) is 17.2. The highest BCUT2D eigenvalue weighted by molar-refractivity contribution is 5.92. The van der Waals surface area contributed by atoms with Crippen molar-refractivity contribution in [2.45, 2.75) is 31.6 Å². The van der Waals surface area contributed by atoms with Gasteiger partial charge in [-0.3, -0.25) is 9.69 Å². The summed E-state index contributed by atoms with van der Waals surface area (Å²) in [4.78, 5) is 16.9. The fraction of sp³-hybridized carbons (Fsp3) is 0.435. The van der Waals surface area contributed by atoms with Crippen LogP contribution in [0.4, 0.5) is 24.5 Å². The van der Waals surface area contributed by atoms with Crippen LogP contribution in [0.25, 0.3) is 0 Å². The first-order chi connectivity index (χ1) is 14.9. The van der Waals surface area contributed by atoms with Crippen molar-refractivity contribution >= 4 is 17.3 Å². The molecule has 5 nitrogen and oxygen atoms in total. The van der Waals surface area contributed by atoms with Crippen molar-refractivity contribution in [3.63, 3.8) is 0 Å². The van der Waals surface area contributed by atoms with Crippen LogP contribution in [0.15, 0.2) is 48.5 Å². The van der Waals surface area contributed by atoms with Crippen LogP contribution in [0.2, 0.25) is 0 Å². The van der Waals surface area contributed by atoms with E-state index in [-0.39, 0.29) is 12.5 Å². The molecule has 0 spiro atoms. The summed E-state index contributed by atoms with van der Waals surface area (Å²) in [5.41, 5.74) is 1.94. The Morgan fingerprint density at radius 2 is 1.68 bits per heavy atom. The average molecular weight is 433 g/mol. The number of ether oxygens (including phenoxy) is 1. The molecule has 2 aliphatic rings. The monoisotopic (exact) mass is 433 g/mol. The number of amides is 1. The Kier molecular flexibility index (Phi) is 6.48. The number of halogens is 3. The van der Waals surface area contributed by atoms with E-state index < -0.39 is 11.7 Å². The maximum Gasteiger partial charge on any atom is 0.416 e. The van der Waals surface area contributed by atoms with Crippen molar-refractivity contribution in [1.29, 1.82) is 0 Å². The van der Waals surface area contributed by atoms with Gasteiger partial charge in [0, 0.05) is 37.1 Å². The second kappa shape index (κ2) is 9.28. The average Bonchev–Trinajstić information content (AvgIpc) is 3.60. The molecule has 2 aromatic carbocycles. The minimum Gasteiger partial charge on any atom is -0.378 e. The van der Waals surface area contributed by atoms with Crippen LogP contribution in [-0.2, 0) is 22.3 Å². The highest BCUT2D eigenvalue weighted by atomic mass is 19.4. The van der Waals surface area contributed by atoms with Crippen molar-refractivity contribution in [3.05, 3.63) is 59.7 Å². The molecule has 2 aromatic rings. The maximum absolute atomic E-state index is 12.8. The van der Waals surface area contributed by atoms with Crippen molar-refractivity contribution in [2.75, 3.05) is 43.1 Å². The first kappa shape index (κ1) is 21.6. The second-order valence-electron chi connectivity index (χ2n) is 8.03. The van der Waals surface area contributed by atoms with Gasteiger partial charge in [0.25, 0.3) is 0 Å². The number of morpholine rings is 1. The van der Waals surface area contributed by atoms with Crippen LogP contribution in [0, 0.1) is 0 Å². The zero-order valence-corrected chi connectivity index (χ0v) is 17.2. The van der Waals surface area contributed by atoms with Crippen LogP contribution < -0.4 is 10.2 Å². The van der Waals surface area contributed by atoms with Crippen molar-refractivity contribution < 1.29 is 22.7 Å². The molecule has 1 N–H and O–H groups in total. The number of nitrogens with one attached hydrogen (secondary N) is 1. The molecule has 1 amide bonds. The number of carbonyl (C=O) groups is 1. The van der Waals surface area contributed by atoms with Gasteiger partial charge >= 0.3 is 6.18 Å². The van der Waals surface area contributed by atoms with E-state index in [0.29, 0.717) is 25.8 Å². The minimum absolute atomic E-state index is 0.127. The predicted molar refractivity (Wildman–Crippen MR) is 113 cm³/mol. The second-order valence-corrected chi connectivity index (χ2v) is 8.03. The summed E-state index contributed by atoms with van der Waals surface area (Å²) >= 11 is 0. The summed E-state index contributed by atoms with van der Waals surface area (Å²) in [5, 5.41) is 2.93. The van der Waals surface area contributed by atoms with Gasteiger partial charge in [-0.15, -0.1) is 0 Å². The first-order valence-electron chi connectivity index (χ1n) is 10.5. The van der Waals surface area contributed by atoms with Gasteiger partial charge in [-0.25, -0.2) is 0 Å². The summed E-state index contributed by atoms with van der Waals surface area (Å²) in [6, 6.07) is 13.2. The predicted octanol–water partition coefficient (Wildman–Crippen LogP) is 4.15. The van der Waals surface area contributed by atoms with Gasteiger partial charge in [0.15, 0.2) is 0 Å². The zero-order chi connectivity index (χ0) is 21.8. The van der Waals surface area contributed by atoms with Crippen molar-refractivity contribution in [3.8, 4) is 0 Å². The Labute approximate surface area is 179 Å². The third kappa shape index (κ3) is 5.98. The molecule has 0 unspecified atom stereocenters. The molecular weight excluding hydrogens is 407 g/mol. The largest absolute Gasteiger partial charge is 0.416 e. The number of anilines is 2. The molecule has 1 aliphatic carbocycles. The van der Waals surface area contributed by atoms with E-state index in [4.69, 9.17) is 4.74 Å². The van der Waals surface area contributed by atoms with Crippen molar-refractivity contribution in [1.82, 2.24) is 4.90 Å². The molecule has 1 saturated carbocycles. The van der Waals surface area contributed by atoms with E-state index in [9.17, 15) is 18.0 Å². The van der Waals surface area contributed by atoms with Gasteiger partial charge in [-0.2, -0.15) is 13.2 Å². The van der Waals surface area contributed by atoms with Crippen LogP contribution in [0.3, 0.4) is 0 Å². The standard InChI is InChI=1S/C23H26F3N3O2/c24-23(25,26)18-3-1-17(2-4-18)15-29(21-9-10-21)16-22(30)27-19-5-7-20(8-6-19)28-11-13-31-14-12-28/h1-8,21H,9-16H2,(H,27,30). The Morgan fingerprint density at radius 3 is 2.26 bits per heavy atom. The lowest BCUT2D eigenvalue weighted by molar-refractivity contribution is -0.137. The number of nitrogens with zero attached hydrogens (tertiary/aromatic N) is 2. The third-order valence-electron chi connectivity index (χ3n) is 5.60. The minimum atomic E-state index is -4.34. The summed E-state index contributed by atoms with van der Waals surface area (Å²) in [7, 11) is 0. The topological polar surface area (TPSA) is 44.8 Å². The fourth-order valence-electron chi connectivity index (χ4n) is 3.75. The molecule has 166 valence electrons. The lowest BCUT2D eigenvalue weighted by atomic mass is 10.1. The Morgan fingerprint density at radius 1 is 1.03 bits per heavy atom. The normalized spacial score (nSPS) is 17.1. The molecule has 8 heteroatoms. The molecule has 0 atom stereocenters. The number of hydrogen-bond acceptors (Lipinski definition) is 4. The van der Waals surface area contributed by atoms with E-state index in [0.717, 1.165) is 55.0 Å². The lowest BCUT2D eigenvalue weighted by Gasteiger charge is -2.29. The molecule has 0 aromatic heterocycles. The van der Waals surface area contributed by atoms with Crippen molar-refractivity contribution in [2.24, 2.45) is 0 Å². The number of benzene rings is 2. The fourth-order valence-corrected chi connectivity index (χ4v) is 3.75. The lowest BCUT2D eigenvalue weighted by Crippen LogP contribution is -2.36. The van der Waals surface area contributed by atoms with Gasteiger partial charge in [0.05, 0.1) is 25.3 Å². The third-order valence-corrected chi connectivity index (χ3v) is 5.60. The van der Waals surface area contributed by atoms with E-state index in [2.05, 4.69) is 10.2 Å². The molecule has 4 rings (SSSR count). The van der Waals surface area contributed by atoms with E-state index in [1.807, 2.05) is 29.2 Å². The summed E-state index contributed by atoms with van der Waals surface area (Å²) in [6.45, 7) is 3.80. The van der Waals surface area contributed by atoms with Crippen LogP contribution in [0.1, 0.15) is 24.0 Å². The van der Waals surface area contributed by atoms with Gasteiger partial charge in [0.1, 0.15) is 0 Å². The molecule has 1 aliphatic heterocycles. The van der Waals surface area contributed by atoms with Gasteiger partial charge < -0.3 is 15.0 Å². The van der Waals surface area contributed by atoms with Gasteiger partial charge in [0.2, 0.25) is 5.91 Å². The summed E-state index contributed by atoms with van der Waals surface area (Å²) in [5.74, 6) is -0.127. The highest BCUT2D eigenvalue weighted by Crippen LogP contribution is 2.31. The maximum atomic E-state index is 12.8. The quantitative estimate of drug-likeness (QED) is 0.713. The SMILES string of the molecule is O=C(CN(Cc1ccc(C(F)(F)F)cc1)C1CC1)Nc1ccc(N2CCOCC2)cc1. The Bertz CT molecular complexity index is 874. The smallest absolute Gasteiger partial charge is 0.378 e. The highest BCUT2D eigenvalue weighted by Gasteiger charge is 2.32. The van der Waals surface area contributed by atoms with E-state index in [1.165, 1.54) is 12.1 Å². The van der Waals surface area contributed by atoms with Crippen LogP contribution >= 0.6 is 0 Å². The molecule has 0 bridgehead atoms. The first-order valence-corrected chi connectivity index (χ1v) is 10.5. The van der Waals surface area contributed by atoms with Crippen LogP contribution in [0.5, 0.6) is 0 Å². The molecule has 1 saturated heterocycles. The van der Waals surface area contributed by atoms with Crippen LogP contribution in [-0.4, -0.2) is 49.7 Å². The molecule has 2 fully saturated rings. The summed E-state index contributed by atoms with van der Waals surface area (Å²) < 4.78 is 43.6. The molecule has 31 heavy (non-hydrogen) atoms. The Balaban J connectivity index is 1.32. The molecular formula is C23H26F3N3O2. The summed E-state index contributed by atoms with van der Waals surface area (Å²) in [6.07, 6.45) is -2.34. The van der Waals surface area contributed by atoms with E-state index in [1.54, 1.807) is 0 Å². The number of alkyl halides is 3. The molecule has 0 radical (unpaired) electrons.